The molecule has 10 heteroatoms. The van der Waals surface area contributed by atoms with Gasteiger partial charge in [-0.1, -0.05) is 20.8 Å². The Balaban J connectivity index is 0.00000462. The van der Waals surface area contributed by atoms with Crippen molar-refractivity contribution in [3.63, 3.8) is 0 Å². The number of ketones is 1. The Morgan fingerprint density at radius 1 is 1.17 bits per heavy atom. The topological polar surface area (TPSA) is 119 Å². The number of nitrogens with zero attached hydrogens (tertiary/aromatic N) is 3. The molecule has 0 bridgehead atoms. The van der Waals surface area contributed by atoms with Gasteiger partial charge in [0.1, 0.15) is 17.3 Å². The van der Waals surface area contributed by atoms with E-state index in [1.807, 2.05) is 19.1 Å². The van der Waals surface area contributed by atoms with Gasteiger partial charge in [-0.15, -0.1) is 17.0 Å². The summed E-state index contributed by atoms with van der Waals surface area (Å²) in [5, 5.41) is 20.8. The largest absolute Gasteiger partial charge is 0.494 e. The third-order valence-corrected chi connectivity index (χ3v) is 7.67. The molecule has 1 fully saturated rings. The minimum absolute atomic E-state index is 0. The van der Waals surface area contributed by atoms with Gasteiger partial charge in [0.15, 0.2) is 5.78 Å². The molecular formula is C31H40BrN5O4. The average molecular weight is 627 g/mol. The predicted molar refractivity (Wildman–Crippen MR) is 165 cm³/mol. The molecule has 2 aliphatic rings. The van der Waals surface area contributed by atoms with Crippen LogP contribution in [0.2, 0.25) is 0 Å². The van der Waals surface area contributed by atoms with Crippen LogP contribution in [0.3, 0.4) is 0 Å². The molecular weight excluding hydrogens is 586 g/mol. The molecule has 41 heavy (non-hydrogen) atoms. The van der Waals surface area contributed by atoms with E-state index in [1.165, 1.54) is 0 Å². The first kappa shape index (κ1) is 31.9. The van der Waals surface area contributed by atoms with Crippen LogP contribution in [0, 0.1) is 22.7 Å². The number of benzene rings is 2. The van der Waals surface area contributed by atoms with Crippen molar-refractivity contribution in [3.05, 3.63) is 52.1 Å². The van der Waals surface area contributed by atoms with Gasteiger partial charge in [-0.05, 0) is 55.0 Å². The van der Waals surface area contributed by atoms with Crippen molar-refractivity contribution in [2.75, 3.05) is 45.3 Å². The Kier molecular flexibility index (Phi) is 10.1. The monoisotopic (exact) mass is 625 g/mol. The highest BCUT2D eigenvalue weighted by Crippen LogP contribution is 2.41. The maximum atomic E-state index is 13.8. The number of hydrogen-bond acceptors (Lipinski definition) is 7. The third-order valence-electron chi connectivity index (χ3n) is 7.67. The number of methoxy groups -OCH3 is 1. The molecule has 2 heterocycles. The van der Waals surface area contributed by atoms with Crippen LogP contribution in [-0.4, -0.2) is 62.8 Å². The van der Waals surface area contributed by atoms with Crippen LogP contribution >= 0.6 is 17.0 Å². The standard InChI is InChI=1S/C31H39N5O4.BrH/c1-7-40-27-14-21-17-36(29(33)22(21)15-23(27)30(38)34-5)18-26(37)20-12-24(31(2,3)4)28(39-6)25(13-20)35-10-8-19(16-32)9-11-35;/h12-15,19,33H,7-11,17-18H2,1-6H3,(H,34,38);1H. The molecule has 0 unspecified atom stereocenters. The van der Waals surface area contributed by atoms with Gasteiger partial charge in [-0.2, -0.15) is 5.26 Å². The van der Waals surface area contributed by atoms with E-state index < -0.39 is 0 Å². The van der Waals surface area contributed by atoms with Crippen LogP contribution in [0.5, 0.6) is 11.5 Å². The van der Waals surface area contributed by atoms with E-state index in [0.29, 0.717) is 35.6 Å². The van der Waals surface area contributed by atoms with Crippen LogP contribution in [0.4, 0.5) is 5.69 Å². The minimum Gasteiger partial charge on any atom is -0.494 e. The highest BCUT2D eigenvalue weighted by atomic mass is 79.9. The van der Waals surface area contributed by atoms with Gasteiger partial charge in [-0.25, -0.2) is 0 Å². The molecule has 1 amide bonds. The summed E-state index contributed by atoms with van der Waals surface area (Å²) in [6, 6.07) is 9.67. The Labute approximate surface area is 253 Å². The zero-order valence-corrected chi connectivity index (χ0v) is 26.4. The SMILES string of the molecule is Br.CCOc1cc2c(cc1C(=O)NC)C(=N)N(CC(=O)c1cc(N3CCC(C#N)CC3)c(OC)c(C(C)(C)C)c1)C2. The van der Waals surface area contributed by atoms with E-state index >= 15 is 0 Å². The second-order valence-electron chi connectivity index (χ2n) is 11.4. The molecule has 220 valence electrons. The number of anilines is 1. The van der Waals surface area contributed by atoms with Crippen LogP contribution in [0.25, 0.3) is 0 Å². The van der Waals surface area contributed by atoms with Crippen molar-refractivity contribution in [1.29, 1.82) is 10.7 Å². The number of carbonyl (C=O) groups excluding carboxylic acids is 2. The Morgan fingerprint density at radius 2 is 1.85 bits per heavy atom. The molecule has 0 aromatic heterocycles. The van der Waals surface area contributed by atoms with Gasteiger partial charge in [-0.3, -0.25) is 15.0 Å². The summed E-state index contributed by atoms with van der Waals surface area (Å²) >= 11 is 0. The van der Waals surface area contributed by atoms with Crippen LogP contribution in [0.1, 0.15) is 77.9 Å². The van der Waals surface area contributed by atoms with Gasteiger partial charge in [0.25, 0.3) is 5.91 Å². The van der Waals surface area contributed by atoms with Gasteiger partial charge in [0, 0.05) is 49.3 Å². The number of nitrogens with one attached hydrogen (secondary N) is 2. The Hall–Kier alpha value is -3.58. The van der Waals surface area contributed by atoms with Crippen molar-refractivity contribution < 1.29 is 19.1 Å². The molecule has 2 N–H and O–H groups in total. The molecule has 2 aliphatic heterocycles. The molecule has 0 radical (unpaired) electrons. The van der Waals surface area contributed by atoms with E-state index in [0.717, 1.165) is 48.5 Å². The fourth-order valence-corrected chi connectivity index (χ4v) is 5.45. The molecule has 2 aromatic rings. The number of amidine groups is 1. The first-order valence-corrected chi connectivity index (χ1v) is 13.8. The van der Waals surface area contributed by atoms with Gasteiger partial charge in [0.05, 0.1) is 37.6 Å². The van der Waals surface area contributed by atoms with Crippen LogP contribution in [-0.2, 0) is 12.0 Å². The third kappa shape index (κ3) is 6.51. The van der Waals surface area contributed by atoms with Crippen molar-refractivity contribution in [3.8, 4) is 17.6 Å². The number of amides is 1. The molecule has 1 saturated heterocycles. The molecule has 0 atom stereocenters. The number of ether oxygens (including phenoxy) is 2. The number of fused-ring (bicyclic) bond motifs is 1. The summed E-state index contributed by atoms with van der Waals surface area (Å²) in [4.78, 5) is 30.2. The molecule has 9 nitrogen and oxygen atoms in total. The zero-order chi connectivity index (χ0) is 29.2. The van der Waals surface area contributed by atoms with E-state index in [-0.39, 0.29) is 52.4 Å². The first-order valence-electron chi connectivity index (χ1n) is 13.8. The Morgan fingerprint density at radius 3 is 2.41 bits per heavy atom. The van der Waals surface area contributed by atoms with E-state index in [2.05, 4.69) is 37.1 Å². The quantitative estimate of drug-likeness (QED) is 0.392. The van der Waals surface area contributed by atoms with Crippen molar-refractivity contribution in [2.24, 2.45) is 5.92 Å². The summed E-state index contributed by atoms with van der Waals surface area (Å²) in [5.41, 5.74) is 3.94. The van der Waals surface area contributed by atoms with Gasteiger partial charge >= 0.3 is 0 Å². The normalized spacial score (nSPS) is 15.1. The summed E-state index contributed by atoms with van der Waals surface area (Å²) < 4.78 is 11.6. The smallest absolute Gasteiger partial charge is 0.254 e. The van der Waals surface area contributed by atoms with Crippen molar-refractivity contribution in [1.82, 2.24) is 10.2 Å². The van der Waals surface area contributed by atoms with Crippen LogP contribution < -0.4 is 19.7 Å². The minimum atomic E-state index is -0.284. The van der Waals surface area contributed by atoms with Gasteiger partial charge < -0.3 is 24.6 Å². The number of Topliss-reactive ketones (excluding diaryl/α,β-unsaturated/α-hetero) is 1. The summed E-state index contributed by atoms with van der Waals surface area (Å²) in [5.74, 6) is 1.09. The zero-order valence-electron chi connectivity index (χ0n) is 24.7. The second-order valence-corrected chi connectivity index (χ2v) is 11.4. The van der Waals surface area contributed by atoms with E-state index in [9.17, 15) is 14.9 Å². The number of rotatable bonds is 8. The van der Waals surface area contributed by atoms with E-state index in [4.69, 9.17) is 14.9 Å². The highest BCUT2D eigenvalue weighted by Gasteiger charge is 2.32. The molecule has 0 aliphatic carbocycles. The summed E-state index contributed by atoms with van der Waals surface area (Å²) in [7, 11) is 3.21. The average Bonchev–Trinajstić information content (AvgIpc) is 3.24. The van der Waals surface area contributed by atoms with E-state index in [1.54, 1.807) is 31.2 Å². The summed E-state index contributed by atoms with van der Waals surface area (Å²) in [6.45, 7) is 10.4. The number of halogens is 1. The lowest BCUT2D eigenvalue weighted by atomic mass is 9.84. The van der Waals surface area contributed by atoms with Crippen molar-refractivity contribution in [2.45, 2.75) is 52.5 Å². The van der Waals surface area contributed by atoms with Crippen LogP contribution in [0.15, 0.2) is 24.3 Å². The maximum Gasteiger partial charge on any atom is 0.254 e. The first-order chi connectivity index (χ1) is 19.0. The second kappa shape index (κ2) is 12.9. The number of carbonyl (C=O) groups is 2. The number of nitriles is 1. The van der Waals surface area contributed by atoms with Crippen molar-refractivity contribution >= 4 is 40.2 Å². The fourth-order valence-electron chi connectivity index (χ4n) is 5.45. The number of piperidine rings is 1. The lowest BCUT2D eigenvalue weighted by molar-refractivity contribution is 0.0953. The molecule has 4 rings (SSSR count). The highest BCUT2D eigenvalue weighted by molar-refractivity contribution is 8.93. The lowest BCUT2D eigenvalue weighted by Gasteiger charge is -2.34. The molecule has 0 spiro atoms. The fraction of sp³-hybridized carbons (Fsp3) is 0.484. The summed E-state index contributed by atoms with van der Waals surface area (Å²) in [6.07, 6.45) is 1.54. The maximum absolute atomic E-state index is 13.8. The molecule has 0 saturated carbocycles. The van der Waals surface area contributed by atoms with Gasteiger partial charge in [0.2, 0.25) is 0 Å². The number of hydrogen-bond donors (Lipinski definition) is 2. The predicted octanol–water partition coefficient (Wildman–Crippen LogP) is 5.09. The lowest BCUT2D eigenvalue weighted by Crippen LogP contribution is -2.34. The molecule has 2 aromatic carbocycles. The Bertz CT molecular complexity index is 1370.